The maximum Gasteiger partial charge on any atom is 0.233 e. The molecule has 3 unspecified atom stereocenters. The van der Waals surface area contributed by atoms with E-state index in [1.54, 1.807) is 18.5 Å². The van der Waals surface area contributed by atoms with Gasteiger partial charge in [-0.2, -0.15) is 0 Å². The average molecular weight is 290 g/mol. The van der Waals surface area contributed by atoms with Crippen LogP contribution in [0.1, 0.15) is 37.4 Å². The third-order valence-electron chi connectivity index (χ3n) is 4.84. The van der Waals surface area contributed by atoms with Crippen LogP contribution in [0.5, 0.6) is 0 Å². The van der Waals surface area contributed by atoms with Gasteiger partial charge in [-0.1, -0.05) is 0 Å². The van der Waals surface area contributed by atoms with Crippen LogP contribution in [0.2, 0.25) is 0 Å². The molecule has 3 heterocycles. The predicted molar refractivity (Wildman–Crippen MR) is 77.6 cm³/mol. The van der Waals surface area contributed by atoms with E-state index in [1.807, 2.05) is 0 Å². The van der Waals surface area contributed by atoms with Gasteiger partial charge in [0, 0.05) is 30.5 Å². The van der Waals surface area contributed by atoms with Gasteiger partial charge in [0.2, 0.25) is 5.91 Å². The number of fused-ring (bicyclic) bond motifs is 2. The normalized spacial score (nSPS) is 30.1. The van der Waals surface area contributed by atoms with E-state index < -0.39 is 5.92 Å². The van der Waals surface area contributed by atoms with Crippen LogP contribution in [0.3, 0.4) is 0 Å². The maximum atomic E-state index is 12.4. The Morgan fingerprint density at radius 3 is 2.57 bits per heavy atom. The zero-order valence-electron chi connectivity index (χ0n) is 12.3. The summed E-state index contributed by atoms with van der Waals surface area (Å²) in [6.07, 6.45) is 7.61. The fraction of sp³-hybridized carbons (Fsp3) is 0.667. The molecule has 0 aliphatic carbocycles. The van der Waals surface area contributed by atoms with Crippen molar-refractivity contribution in [3.8, 4) is 0 Å². The molecule has 114 valence electrons. The molecule has 1 amide bonds. The average Bonchev–Trinajstić information content (AvgIpc) is 2.72. The van der Waals surface area contributed by atoms with Crippen molar-refractivity contribution in [3.05, 3.63) is 24.3 Å². The van der Waals surface area contributed by atoms with E-state index in [1.165, 1.54) is 12.8 Å². The summed E-state index contributed by atoms with van der Waals surface area (Å²) in [7, 11) is 2.18. The van der Waals surface area contributed by atoms with E-state index >= 15 is 0 Å². The summed E-state index contributed by atoms with van der Waals surface area (Å²) in [5.41, 5.74) is 0. The number of aliphatic hydroxyl groups is 1. The SMILES string of the molecule is CN1C2CCC1CC(NC(=O)C(CO)c1ncccn1)C2. The quantitative estimate of drug-likeness (QED) is 0.833. The molecule has 2 bridgehead atoms. The van der Waals surface area contributed by atoms with Gasteiger partial charge in [0.25, 0.3) is 0 Å². The number of nitrogens with one attached hydrogen (secondary N) is 1. The van der Waals surface area contributed by atoms with E-state index in [4.69, 9.17) is 0 Å². The fourth-order valence-corrected chi connectivity index (χ4v) is 3.60. The highest BCUT2D eigenvalue weighted by Crippen LogP contribution is 2.34. The first-order valence-corrected chi connectivity index (χ1v) is 7.59. The van der Waals surface area contributed by atoms with Gasteiger partial charge in [0.05, 0.1) is 6.61 Å². The topological polar surface area (TPSA) is 78.4 Å². The van der Waals surface area contributed by atoms with E-state index in [-0.39, 0.29) is 18.6 Å². The third-order valence-corrected chi connectivity index (χ3v) is 4.84. The predicted octanol–water partition coefficient (Wildman–Crippen LogP) is 0.294. The van der Waals surface area contributed by atoms with Crippen molar-refractivity contribution in [1.29, 1.82) is 0 Å². The van der Waals surface area contributed by atoms with Crippen LogP contribution in [0, 0.1) is 0 Å². The lowest BCUT2D eigenvalue weighted by Crippen LogP contribution is -2.50. The van der Waals surface area contributed by atoms with Crippen molar-refractivity contribution in [3.63, 3.8) is 0 Å². The van der Waals surface area contributed by atoms with E-state index in [0.29, 0.717) is 17.9 Å². The highest BCUT2D eigenvalue weighted by Gasteiger charge is 2.39. The van der Waals surface area contributed by atoms with Crippen LogP contribution in [-0.2, 0) is 4.79 Å². The van der Waals surface area contributed by atoms with Gasteiger partial charge in [-0.3, -0.25) is 4.79 Å². The second kappa shape index (κ2) is 6.07. The van der Waals surface area contributed by atoms with Crippen molar-refractivity contribution < 1.29 is 9.90 Å². The standard InChI is InChI=1S/C15H22N4O2/c1-19-11-3-4-12(19)8-10(7-11)18-15(21)13(9-20)14-16-5-2-6-17-14/h2,5-6,10-13,20H,3-4,7-9H2,1H3,(H,18,21). The molecule has 2 aliphatic rings. The van der Waals surface area contributed by atoms with Gasteiger partial charge >= 0.3 is 0 Å². The fourth-order valence-electron chi connectivity index (χ4n) is 3.60. The molecule has 6 heteroatoms. The minimum absolute atomic E-state index is 0.169. The van der Waals surface area contributed by atoms with Gasteiger partial charge in [-0.05, 0) is 38.8 Å². The van der Waals surface area contributed by atoms with E-state index in [0.717, 1.165) is 12.8 Å². The number of aliphatic hydroxyl groups excluding tert-OH is 1. The molecule has 2 fully saturated rings. The Labute approximate surface area is 124 Å². The molecular formula is C15H22N4O2. The number of hydrogen-bond acceptors (Lipinski definition) is 5. The highest BCUT2D eigenvalue weighted by molar-refractivity contribution is 5.83. The van der Waals surface area contributed by atoms with Crippen LogP contribution in [0.4, 0.5) is 0 Å². The lowest BCUT2D eigenvalue weighted by Gasteiger charge is -2.37. The lowest BCUT2D eigenvalue weighted by atomic mass is 9.97. The minimum atomic E-state index is -0.677. The number of hydrogen-bond donors (Lipinski definition) is 2. The molecule has 2 N–H and O–H groups in total. The first kappa shape index (κ1) is 14.4. The largest absolute Gasteiger partial charge is 0.395 e. The lowest BCUT2D eigenvalue weighted by molar-refractivity contribution is -0.124. The number of carbonyl (C=O) groups excluding carboxylic acids is 1. The Morgan fingerprint density at radius 2 is 2.00 bits per heavy atom. The third kappa shape index (κ3) is 2.91. The molecular weight excluding hydrogens is 268 g/mol. The Bertz CT molecular complexity index is 482. The summed E-state index contributed by atoms with van der Waals surface area (Å²) < 4.78 is 0. The molecule has 0 radical (unpaired) electrons. The number of piperidine rings is 1. The molecule has 2 aliphatic heterocycles. The zero-order chi connectivity index (χ0) is 14.8. The monoisotopic (exact) mass is 290 g/mol. The first-order valence-electron chi connectivity index (χ1n) is 7.59. The van der Waals surface area contributed by atoms with E-state index in [2.05, 4.69) is 27.2 Å². The number of rotatable bonds is 4. The molecule has 1 aromatic rings. The van der Waals surface area contributed by atoms with Gasteiger partial charge in [-0.25, -0.2) is 9.97 Å². The highest BCUT2D eigenvalue weighted by atomic mass is 16.3. The molecule has 0 spiro atoms. The number of nitrogens with zero attached hydrogens (tertiary/aromatic N) is 3. The molecule has 6 nitrogen and oxygen atoms in total. The summed E-state index contributed by atoms with van der Waals surface area (Å²) in [6.45, 7) is -0.269. The van der Waals surface area contributed by atoms with Crippen molar-refractivity contribution in [1.82, 2.24) is 20.2 Å². The summed E-state index contributed by atoms with van der Waals surface area (Å²) in [5, 5.41) is 12.6. The number of aromatic nitrogens is 2. The molecule has 2 saturated heterocycles. The van der Waals surface area contributed by atoms with Gasteiger partial charge in [0.1, 0.15) is 11.7 Å². The van der Waals surface area contributed by atoms with Crippen molar-refractivity contribution in [2.45, 2.75) is 49.7 Å². The molecule has 1 aromatic heterocycles. The van der Waals surface area contributed by atoms with E-state index in [9.17, 15) is 9.90 Å². The van der Waals surface area contributed by atoms with Crippen LogP contribution >= 0.6 is 0 Å². The molecule has 3 rings (SSSR count). The second-order valence-electron chi connectivity index (χ2n) is 6.07. The number of amides is 1. The summed E-state index contributed by atoms with van der Waals surface area (Å²) >= 11 is 0. The first-order chi connectivity index (χ1) is 10.2. The Morgan fingerprint density at radius 1 is 1.38 bits per heavy atom. The summed E-state index contributed by atoms with van der Waals surface area (Å²) in [5.74, 6) is -0.463. The maximum absolute atomic E-state index is 12.4. The Kier molecular flexibility index (Phi) is 4.17. The molecule has 0 aromatic carbocycles. The minimum Gasteiger partial charge on any atom is -0.395 e. The summed E-state index contributed by atoms with van der Waals surface area (Å²) in [6, 6.07) is 3.05. The van der Waals surface area contributed by atoms with Crippen LogP contribution < -0.4 is 5.32 Å². The van der Waals surface area contributed by atoms with Crippen molar-refractivity contribution in [2.75, 3.05) is 13.7 Å². The molecule has 3 atom stereocenters. The van der Waals surface area contributed by atoms with Crippen molar-refractivity contribution in [2.24, 2.45) is 0 Å². The second-order valence-corrected chi connectivity index (χ2v) is 6.07. The Balaban J connectivity index is 1.63. The molecule has 21 heavy (non-hydrogen) atoms. The zero-order valence-corrected chi connectivity index (χ0v) is 12.3. The Hall–Kier alpha value is -1.53. The van der Waals surface area contributed by atoms with Crippen LogP contribution in [0.15, 0.2) is 18.5 Å². The van der Waals surface area contributed by atoms with Crippen LogP contribution in [0.25, 0.3) is 0 Å². The summed E-state index contributed by atoms with van der Waals surface area (Å²) in [4.78, 5) is 23.0. The smallest absolute Gasteiger partial charge is 0.233 e. The van der Waals surface area contributed by atoms with Gasteiger partial charge < -0.3 is 15.3 Å². The van der Waals surface area contributed by atoms with Gasteiger partial charge in [-0.15, -0.1) is 0 Å². The van der Waals surface area contributed by atoms with Crippen LogP contribution in [-0.4, -0.2) is 57.7 Å². The van der Waals surface area contributed by atoms with Crippen molar-refractivity contribution >= 4 is 5.91 Å². The number of carbonyl (C=O) groups is 1. The van der Waals surface area contributed by atoms with Gasteiger partial charge in [0.15, 0.2) is 0 Å². The molecule has 0 saturated carbocycles.